The summed E-state index contributed by atoms with van der Waals surface area (Å²) in [4.78, 5) is 26.3. The molecule has 0 aliphatic heterocycles. The number of likely N-dealkylation sites (N-methyl/N-ethyl adjacent to an activating group) is 1. The molecule has 2 amide bonds. The summed E-state index contributed by atoms with van der Waals surface area (Å²) >= 11 is 0. The fraction of sp³-hybridized carbons (Fsp3) is 0.579. The third-order valence-corrected chi connectivity index (χ3v) is 4.07. The van der Waals surface area contributed by atoms with Crippen LogP contribution in [0, 0.1) is 5.92 Å². The molecular formula is C19H31N3O4. The lowest BCUT2D eigenvalue weighted by atomic mass is 10.0. The van der Waals surface area contributed by atoms with Crippen LogP contribution in [-0.2, 0) is 9.53 Å². The van der Waals surface area contributed by atoms with Gasteiger partial charge in [-0.25, -0.2) is 4.79 Å². The Labute approximate surface area is 156 Å². The number of hydrogen-bond acceptors (Lipinski definition) is 5. The van der Waals surface area contributed by atoms with Gasteiger partial charge in [0.25, 0.3) is 0 Å². The van der Waals surface area contributed by atoms with E-state index in [1.54, 1.807) is 14.0 Å². The largest absolute Gasteiger partial charge is 0.497 e. The Morgan fingerprint density at radius 1 is 1.23 bits per heavy atom. The number of alkyl carbamates (subject to hydrolysis) is 1. The monoisotopic (exact) mass is 365 g/mol. The van der Waals surface area contributed by atoms with E-state index in [9.17, 15) is 9.59 Å². The van der Waals surface area contributed by atoms with Crippen LogP contribution >= 0.6 is 0 Å². The van der Waals surface area contributed by atoms with Gasteiger partial charge in [0.2, 0.25) is 5.91 Å². The van der Waals surface area contributed by atoms with Crippen LogP contribution in [-0.4, -0.2) is 57.3 Å². The second-order valence-corrected chi connectivity index (χ2v) is 6.59. The number of benzene rings is 1. The van der Waals surface area contributed by atoms with E-state index in [1.807, 2.05) is 57.1 Å². The van der Waals surface area contributed by atoms with Crippen LogP contribution in [0.3, 0.4) is 0 Å². The molecule has 1 aromatic rings. The van der Waals surface area contributed by atoms with Crippen molar-refractivity contribution in [3.8, 4) is 5.75 Å². The van der Waals surface area contributed by atoms with Gasteiger partial charge in [0, 0.05) is 6.54 Å². The van der Waals surface area contributed by atoms with Gasteiger partial charge in [-0.2, -0.15) is 0 Å². The van der Waals surface area contributed by atoms with Crippen LogP contribution in [0.5, 0.6) is 5.75 Å². The normalized spacial score (nSPS) is 13.2. The zero-order valence-electron chi connectivity index (χ0n) is 16.5. The number of nitrogens with one attached hydrogen (secondary N) is 2. The van der Waals surface area contributed by atoms with E-state index in [-0.39, 0.29) is 24.5 Å². The maximum absolute atomic E-state index is 12.6. The minimum Gasteiger partial charge on any atom is -0.497 e. The van der Waals surface area contributed by atoms with E-state index in [2.05, 4.69) is 10.6 Å². The van der Waals surface area contributed by atoms with Crippen LogP contribution < -0.4 is 15.4 Å². The molecule has 0 bridgehead atoms. The molecule has 1 rings (SSSR count). The highest BCUT2D eigenvalue weighted by atomic mass is 16.5. The molecule has 26 heavy (non-hydrogen) atoms. The summed E-state index contributed by atoms with van der Waals surface area (Å²) in [7, 11) is 5.53. The maximum Gasteiger partial charge on any atom is 0.407 e. The molecule has 0 unspecified atom stereocenters. The average molecular weight is 365 g/mol. The minimum absolute atomic E-state index is 0.0237. The summed E-state index contributed by atoms with van der Waals surface area (Å²) in [6, 6.07) is 7.08. The number of amides is 2. The Balaban J connectivity index is 2.79. The van der Waals surface area contributed by atoms with Gasteiger partial charge in [0.1, 0.15) is 11.8 Å². The number of nitrogens with zero attached hydrogens (tertiary/aromatic N) is 1. The predicted octanol–water partition coefficient (Wildman–Crippen LogP) is 2.18. The van der Waals surface area contributed by atoms with Crippen molar-refractivity contribution < 1.29 is 19.1 Å². The molecule has 0 radical (unpaired) electrons. The van der Waals surface area contributed by atoms with E-state index in [4.69, 9.17) is 9.47 Å². The van der Waals surface area contributed by atoms with Crippen molar-refractivity contribution in [1.29, 1.82) is 0 Å². The molecular weight excluding hydrogens is 334 g/mol. The van der Waals surface area contributed by atoms with E-state index < -0.39 is 12.1 Å². The number of hydrogen-bond donors (Lipinski definition) is 2. The maximum atomic E-state index is 12.6. The van der Waals surface area contributed by atoms with Gasteiger partial charge >= 0.3 is 6.09 Å². The Morgan fingerprint density at radius 3 is 2.46 bits per heavy atom. The molecule has 0 fully saturated rings. The smallest absolute Gasteiger partial charge is 0.407 e. The molecule has 0 spiro atoms. The molecule has 0 saturated heterocycles. The predicted molar refractivity (Wildman–Crippen MR) is 101 cm³/mol. The summed E-state index contributed by atoms with van der Waals surface area (Å²) in [5, 5.41) is 5.56. The van der Waals surface area contributed by atoms with E-state index >= 15 is 0 Å². The quantitative estimate of drug-likeness (QED) is 0.701. The lowest BCUT2D eigenvalue weighted by Gasteiger charge is -2.27. The molecule has 0 aliphatic rings. The highest BCUT2D eigenvalue weighted by molar-refractivity contribution is 5.85. The average Bonchev–Trinajstić information content (AvgIpc) is 2.59. The standard InChI is InChI=1S/C19H31N3O4/c1-7-26-19(24)21-17(13(2)3)18(23)20-12-16(22(4)5)14-9-8-10-15(11-14)25-6/h8-11,13,16-17H,7,12H2,1-6H3,(H,20,23)(H,21,24)/t16-,17+/m0/s1. The van der Waals surface area contributed by atoms with Crippen LogP contribution in [0.4, 0.5) is 4.79 Å². The molecule has 0 aliphatic carbocycles. The molecule has 7 nitrogen and oxygen atoms in total. The lowest BCUT2D eigenvalue weighted by molar-refractivity contribution is -0.124. The van der Waals surface area contributed by atoms with E-state index in [1.165, 1.54) is 0 Å². The summed E-state index contributed by atoms with van der Waals surface area (Å²) in [6.07, 6.45) is -0.585. The molecule has 0 saturated carbocycles. The van der Waals surface area contributed by atoms with Crippen LogP contribution in [0.1, 0.15) is 32.4 Å². The Bertz CT molecular complexity index is 590. The van der Waals surface area contributed by atoms with Gasteiger partial charge in [0.15, 0.2) is 0 Å². The first-order valence-electron chi connectivity index (χ1n) is 8.81. The van der Waals surface area contributed by atoms with Gasteiger partial charge in [-0.15, -0.1) is 0 Å². The van der Waals surface area contributed by atoms with Crippen molar-refractivity contribution in [3.63, 3.8) is 0 Å². The Hall–Kier alpha value is -2.28. The summed E-state index contributed by atoms with van der Waals surface area (Å²) < 4.78 is 10.2. The zero-order valence-corrected chi connectivity index (χ0v) is 16.5. The third kappa shape index (κ3) is 6.55. The van der Waals surface area contributed by atoms with Gasteiger partial charge in [-0.05, 0) is 44.6 Å². The lowest BCUT2D eigenvalue weighted by Crippen LogP contribution is -2.51. The van der Waals surface area contributed by atoms with Crippen molar-refractivity contribution in [1.82, 2.24) is 15.5 Å². The third-order valence-electron chi connectivity index (χ3n) is 4.07. The summed E-state index contributed by atoms with van der Waals surface area (Å²) in [6.45, 7) is 6.15. The first-order chi connectivity index (χ1) is 12.3. The first-order valence-corrected chi connectivity index (χ1v) is 8.81. The summed E-state index contributed by atoms with van der Waals surface area (Å²) in [5.74, 6) is 0.474. The van der Waals surface area contributed by atoms with Gasteiger partial charge < -0.3 is 25.0 Å². The van der Waals surface area contributed by atoms with Crippen molar-refractivity contribution in [2.24, 2.45) is 5.92 Å². The van der Waals surface area contributed by atoms with Gasteiger partial charge in [-0.3, -0.25) is 4.79 Å². The second-order valence-electron chi connectivity index (χ2n) is 6.59. The minimum atomic E-state index is -0.651. The Morgan fingerprint density at radius 2 is 1.92 bits per heavy atom. The van der Waals surface area contributed by atoms with Crippen molar-refractivity contribution in [2.45, 2.75) is 32.9 Å². The van der Waals surface area contributed by atoms with Crippen molar-refractivity contribution in [2.75, 3.05) is 34.4 Å². The molecule has 0 heterocycles. The van der Waals surface area contributed by atoms with Crippen LogP contribution in [0.15, 0.2) is 24.3 Å². The Kier molecular flexibility index (Phi) is 8.92. The highest BCUT2D eigenvalue weighted by Crippen LogP contribution is 2.22. The summed E-state index contributed by atoms with van der Waals surface area (Å²) in [5.41, 5.74) is 1.04. The number of rotatable bonds is 9. The van der Waals surface area contributed by atoms with E-state index in [0.29, 0.717) is 6.54 Å². The number of carbonyl (C=O) groups excluding carboxylic acids is 2. The van der Waals surface area contributed by atoms with Crippen LogP contribution in [0.2, 0.25) is 0 Å². The number of carbonyl (C=O) groups is 2. The van der Waals surface area contributed by atoms with Crippen molar-refractivity contribution >= 4 is 12.0 Å². The van der Waals surface area contributed by atoms with Gasteiger partial charge in [-0.1, -0.05) is 26.0 Å². The van der Waals surface area contributed by atoms with Crippen molar-refractivity contribution in [3.05, 3.63) is 29.8 Å². The SMILES string of the molecule is CCOC(=O)N[C@@H](C(=O)NC[C@@H](c1cccc(OC)c1)N(C)C)C(C)C. The second kappa shape index (κ2) is 10.7. The highest BCUT2D eigenvalue weighted by Gasteiger charge is 2.26. The number of ether oxygens (including phenoxy) is 2. The molecule has 1 aromatic carbocycles. The molecule has 146 valence electrons. The molecule has 2 N–H and O–H groups in total. The first kappa shape index (κ1) is 21.8. The van der Waals surface area contributed by atoms with E-state index in [0.717, 1.165) is 11.3 Å². The topological polar surface area (TPSA) is 79.9 Å². The fourth-order valence-corrected chi connectivity index (χ4v) is 2.59. The zero-order chi connectivity index (χ0) is 19.7. The van der Waals surface area contributed by atoms with Gasteiger partial charge in [0.05, 0.1) is 19.8 Å². The molecule has 0 aromatic heterocycles. The van der Waals surface area contributed by atoms with Crippen LogP contribution in [0.25, 0.3) is 0 Å². The molecule has 7 heteroatoms. The molecule has 2 atom stereocenters. The number of methoxy groups -OCH3 is 1. The fourth-order valence-electron chi connectivity index (χ4n) is 2.59.